The molecule has 1 aromatic carbocycles. The number of nitrogens with one attached hydrogen (secondary N) is 1. The van der Waals surface area contributed by atoms with E-state index < -0.39 is 23.3 Å². The number of nitrogens with zero attached hydrogens (tertiary/aromatic N) is 1. The fourth-order valence-electron chi connectivity index (χ4n) is 2.02. The molecule has 19 heavy (non-hydrogen) atoms. The summed E-state index contributed by atoms with van der Waals surface area (Å²) in [6, 6.07) is 3.94. The summed E-state index contributed by atoms with van der Waals surface area (Å²) < 4.78 is 0. The van der Waals surface area contributed by atoms with Gasteiger partial charge in [-0.15, -0.1) is 0 Å². The molecule has 2 amide bonds. The van der Waals surface area contributed by atoms with Gasteiger partial charge in [0.2, 0.25) is 0 Å². The third-order valence-corrected chi connectivity index (χ3v) is 3.81. The lowest BCUT2D eigenvalue weighted by Gasteiger charge is -2.21. The maximum absolute atomic E-state index is 12.2. The van der Waals surface area contributed by atoms with E-state index in [1.807, 2.05) is 0 Å². The Morgan fingerprint density at radius 3 is 2.63 bits per heavy atom. The average Bonchev–Trinajstić information content (AvgIpc) is 2.98. The number of hydrogen-bond acceptors (Lipinski definition) is 5. The number of carbonyl (C=O) groups excluding carboxylic acids is 2. The highest BCUT2D eigenvalue weighted by Crippen LogP contribution is 2.30. The highest BCUT2D eigenvalue weighted by molar-refractivity contribution is 8.02. The van der Waals surface area contributed by atoms with Crippen LogP contribution in [0.25, 0.3) is 0 Å². The van der Waals surface area contributed by atoms with Gasteiger partial charge >= 0.3 is 5.97 Å². The van der Waals surface area contributed by atoms with Crippen LogP contribution in [0.3, 0.4) is 0 Å². The van der Waals surface area contributed by atoms with Crippen LogP contribution in [0.1, 0.15) is 31.1 Å². The summed E-state index contributed by atoms with van der Waals surface area (Å²) in [7, 11) is 0. The molecule has 0 aliphatic carbocycles. The van der Waals surface area contributed by atoms with Crippen molar-refractivity contribution >= 4 is 29.5 Å². The van der Waals surface area contributed by atoms with Crippen molar-refractivity contribution < 1.29 is 19.5 Å². The number of carbonyl (C=O) groups is 3. The molecule has 1 atom stereocenters. The van der Waals surface area contributed by atoms with Crippen LogP contribution >= 0.6 is 11.8 Å². The van der Waals surface area contributed by atoms with Crippen LogP contribution in [0.5, 0.6) is 0 Å². The van der Waals surface area contributed by atoms with E-state index in [1.165, 1.54) is 30.0 Å². The van der Waals surface area contributed by atoms with Crippen LogP contribution in [-0.2, 0) is 0 Å². The molecule has 0 spiro atoms. The number of hydrogen-bond donors (Lipinski definition) is 2. The zero-order valence-electron chi connectivity index (χ0n) is 9.49. The van der Waals surface area contributed by atoms with E-state index in [2.05, 4.69) is 5.32 Å². The standard InChI is InChI=1S/C12H8N2O4S/c15-9-7-2-1-6(11(17)18)5-8(7)10(16)14(9)12-13-3-4-19-12/h1-5,12-13H,(H,17,18). The Bertz CT molecular complexity index is 633. The molecule has 2 N–H and O–H groups in total. The van der Waals surface area contributed by atoms with Crippen LogP contribution in [0.2, 0.25) is 0 Å². The topological polar surface area (TPSA) is 86.7 Å². The first-order valence-electron chi connectivity index (χ1n) is 5.41. The molecular weight excluding hydrogens is 268 g/mol. The maximum Gasteiger partial charge on any atom is 0.335 e. The van der Waals surface area contributed by atoms with Crippen LogP contribution in [0, 0.1) is 0 Å². The summed E-state index contributed by atoms with van der Waals surface area (Å²) in [5.74, 6) is -2.01. The Labute approximate surface area is 112 Å². The van der Waals surface area contributed by atoms with Crippen molar-refractivity contribution in [3.05, 3.63) is 46.5 Å². The van der Waals surface area contributed by atoms with Crippen LogP contribution in [0.15, 0.2) is 29.8 Å². The van der Waals surface area contributed by atoms with E-state index in [4.69, 9.17) is 5.11 Å². The smallest absolute Gasteiger partial charge is 0.335 e. The molecule has 0 fully saturated rings. The second-order valence-corrected chi connectivity index (χ2v) is 4.99. The highest BCUT2D eigenvalue weighted by Gasteiger charge is 2.41. The van der Waals surface area contributed by atoms with Crippen LogP contribution in [-0.4, -0.2) is 33.3 Å². The normalized spacial score (nSPS) is 20.6. The van der Waals surface area contributed by atoms with Crippen molar-refractivity contribution in [2.24, 2.45) is 0 Å². The molecule has 2 aliphatic rings. The molecule has 6 nitrogen and oxygen atoms in total. The molecule has 0 radical (unpaired) electrons. The minimum Gasteiger partial charge on any atom is -0.478 e. The van der Waals surface area contributed by atoms with Gasteiger partial charge in [0, 0.05) is 6.20 Å². The Hall–Kier alpha value is -2.28. The Balaban J connectivity index is 2.01. The van der Waals surface area contributed by atoms with Crippen molar-refractivity contribution in [1.82, 2.24) is 10.2 Å². The van der Waals surface area contributed by atoms with Crippen molar-refractivity contribution in [2.45, 2.75) is 5.50 Å². The molecule has 0 saturated heterocycles. The average molecular weight is 276 g/mol. The molecule has 2 heterocycles. The minimum atomic E-state index is -1.13. The van der Waals surface area contributed by atoms with Gasteiger partial charge in [-0.2, -0.15) is 0 Å². The number of amides is 2. The monoisotopic (exact) mass is 276 g/mol. The Morgan fingerprint density at radius 1 is 1.26 bits per heavy atom. The summed E-state index contributed by atoms with van der Waals surface area (Å²) in [6.07, 6.45) is 1.65. The molecule has 96 valence electrons. The summed E-state index contributed by atoms with van der Waals surface area (Å²) >= 11 is 1.30. The second kappa shape index (κ2) is 4.13. The number of rotatable bonds is 2. The fraction of sp³-hybridized carbons (Fsp3) is 0.0833. The lowest BCUT2D eigenvalue weighted by Crippen LogP contribution is -2.43. The number of carboxylic acids is 1. The van der Waals surface area contributed by atoms with Gasteiger partial charge in [0.1, 0.15) is 0 Å². The summed E-state index contributed by atoms with van der Waals surface area (Å²) in [6.45, 7) is 0. The van der Waals surface area contributed by atoms with E-state index in [1.54, 1.807) is 11.6 Å². The van der Waals surface area contributed by atoms with E-state index in [-0.39, 0.29) is 16.7 Å². The van der Waals surface area contributed by atoms with E-state index >= 15 is 0 Å². The van der Waals surface area contributed by atoms with Crippen LogP contribution in [0.4, 0.5) is 0 Å². The lowest BCUT2D eigenvalue weighted by molar-refractivity contribution is 0.0628. The van der Waals surface area contributed by atoms with E-state index in [0.29, 0.717) is 0 Å². The quantitative estimate of drug-likeness (QED) is 0.786. The lowest BCUT2D eigenvalue weighted by atomic mass is 10.1. The van der Waals surface area contributed by atoms with Crippen LogP contribution < -0.4 is 5.32 Å². The minimum absolute atomic E-state index is 0.00749. The maximum atomic E-state index is 12.2. The predicted octanol–water partition coefficient (Wildman–Crippen LogP) is 1.07. The van der Waals surface area contributed by atoms with Gasteiger partial charge in [-0.05, 0) is 23.6 Å². The third kappa shape index (κ3) is 1.70. The third-order valence-electron chi connectivity index (χ3n) is 2.91. The second-order valence-electron chi connectivity index (χ2n) is 4.00. The highest BCUT2D eigenvalue weighted by atomic mass is 32.2. The molecule has 7 heteroatoms. The molecule has 0 aromatic heterocycles. The van der Waals surface area contributed by atoms with Crippen molar-refractivity contribution in [3.63, 3.8) is 0 Å². The van der Waals surface area contributed by atoms with Crippen molar-refractivity contribution in [3.8, 4) is 0 Å². The van der Waals surface area contributed by atoms with Gasteiger partial charge in [0.05, 0.1) is 16.7 Å². The molecule has 1 unspecified atom stereocenters. The van der Waals surface area contributed by atoms with Gasteiger partial charge in [0.15, 0.2) is 5.50 Å². The first-order valence-corrected chi connectivity index (χ1v) is 6.35. The Morgan fingerprint density at radius 2 is 2.00 bits per heavy atom. The summed E-state index contributed by atoms with van der Waals surface area (Å²) in [5, 5.41) is 13.5. The molecule has 2 aliphatic heterocycles. The SMILES string of the molecule is O=C(O)c1ccc2c(c1)C(=O)N(C1NC=CS1)C2=O. The molecular formula is C12H8N2O4S. The molecule has 0 bridgehead atoms. The molecule has 3 rings (SSSR count). The van der Waals surface area contributed by atoms with E-state index in [0.717, 1.165) is 4.90 Å². The van der Waals surface area contributed by atoms with Gasteiger partial charge in [-0.1, -0.05) is 11.8 Å². The number of aromatic carboxylic acids is 1. The molecule has 1 aromatic rings. The summed E-state index contributed by atoms with van der Waals surface area (Å²) in [5.41, 5.74) is -0.101. The zero-order chi connectivity index (χ0) is 13.6. The predicted molar refractivity (Wildman–Crippen MR) is 67.6 cm³/mol. The van der Waals surface area contributed by atoms with Crippen molar-refractivity contribution in [2.75, 3.05) is 0 Å². The number of thioether (sulfide) groups is 1. The van der Waals surface area contributed by atoms with Gasteiger partial charge in [-0.25, -0.2) is 9.69 Å². The van der Waals surface area contributed by atoms with E-state index in [9.17, 15) is 14.4 Å². The van der Waals surface area contributed by atoms with Gasteiger partial charge < -0.3 is 10.4 Å². The molecule has 0 saturated carbocycles. The summed E-state index contributed by atoms with van der Waals surface area (Å²) in [4.78, 5) is 36.3. The Kier molecular flexibility index (Phi) is 2.56. The first-order chi connectivity index (χ1) is 9.09. The number of carboxylic acid groups (broad SMARTS) is 1. The number of fused-ring (bicyclic) bond motifs is 1. The first kappa shape index (κ1) is 11.8. The number of imide groups is 1. The largest absolute Gasteiger partial charge is 0.478 e. The van der Waals surface area contributed by atoms with Gasteiger partial charge in [-0.3, -0.25) is 9.59 Å². The fourth-order valence-corrected chi connectivity index (χ4v) is 2.79. The zero-order valence-corrected chi connectivity index (χ0v) is 10.3. The van der Waals surface area contributed by atoms with Crippen molar-refractivity contribution in [1.29, 1.82) is 0 Å². The number of benzene rings is 1. The van der Waals surface area contributed by atoms with Gasteiger partial charge in [0.25, 0.3) is 11.8 Å².